The zero-order chi connectivity index (χ0) is 18.3. The topological polar surface area (TPSA) is 55.4 Å². The van der Waals surface area contributed by atoms with Gasteiger partial charge in [-0.05, 0) is 45.0 Å². The molecule has 0 saturated carbocycles. The summed E-state index contributed by atoms with van der Waals surface area (Å²) in [6.07, 6.45) is -0.495. The standard InChI is InChI=1S/C21H21NO3/c1-21(2,3)25-20(24)22-15-7-8-16-11-13-18(14-12-16)19(23)17-9-5-4-6-10-17/h4-6,9-14H,15H2,1-3H3,(H,22,24). The van der Waals surface area contributed by atoms with E-state index in [2.05, 4.69) is 17.2 Å². The van der Waals surface area contributed by atoms with Crippen LogP contribution in [0.1, 0.15) is 42.3 Å². The van der Waals surface area contributed by atoms with Gasteiger partial charge in [0.25, 0.3) is 0 Å². The molecule has 0 saturated heterocycles. The average Bonchev–Trinajstić information content (AvgIpc) is 2.58. The molecule has 0 aromatic heterocycles. The lowest BCUT2D eigenvalue weighted by Gasteiger charge is -2.18. The van der Waals surface area contributed by atoms with Crippen molar-refractivity contribution in [1.29, 1.82) is 0 Å². The SMILES string of the molecule is CC(C)(C)OC(=O)NCC#Cc1ccc(C(=O)c2ccccc2)cc1. The van der Waals surface area contributed by atoms with Gasteiger partial charge in [0.05, 0.1) is 6.54 Å². The summed E-state index contributed by atoms with van der Waals surface area (Å²) in [5.74, 6) is 5.77. The first-order valence-electron chi connectivity index (χ1n) is 8.01. The molecule has 0 heterocycles. The van der Waals surface area contributed by atoms with E-state index in [9.17, 15) is 9.59 Å². The summed E-state index contributed by atoms with van der Waals surface area (Å²) in [6, 6.07) is 16.2. The fraction of sp³-hybridized carbons (Fsp3) is 0.238. The Labute approximate surface area is 148 Å². The summed E-state index contributed by atoms with van der Waals surface area (Å²) in [6.45, 7) is 5.60. The maximum absolute atomic E-state index is 12.3. The fourth-order valence-electron chi connectivity index (χ4n) is 2.04. The Kier molecular flexibility index (Phi) is 5.97. The Balaban J connectivity index is 1.91. The molecule has 4 heteroatoms. The molecule has 2 aromatic carbocycles. The summed E-state index contributed by atoms with van der Waals surface area (Å²) < 4.78 is 5.12. The van der Waals surface area contributed by atoms with Crippen molar-refractivity contribution in [2.24, 2.45) is 0 Å². The van der Waals surface area contributed by atoms with Gasteiger partial charge in [-0.1, -0.05) is 42.2 Å². The van der Waals surface area contributed by atoms with Crippen LogP contribution >= 0.6 is 0 Å². The van der Waals surface area contributed by atoms with E-state index in [0.29, 0.717) is 11.1 Å². The minimum Gasteiger partial charge on any atom is -0.444 e. The summed E-state index contributed by atoms with van der Waals surface area (Å²) in [5, 5.41) is 2.57. The van der Waals surface area contributed by atoms with Gasteiger partial charge in [0.15, 0.2) is 5.78 Å². The minimum atomic E-state index is -0.529. The molecule has 0 radical (unpaired) electrons. The lowest BCUT2D eigenvalue weighted by molar-refractivity contribution is 0.0535. The Hall–Kier alpha value is -3.06. The number of benzene rings is 2. The van der Waals surface area contributed by atoms with Gasteiger partial charge in [-0.2, -0.15) is 0 Å². The molecule has 128 valence electrons. The maximum atomic E-state index is 12.3. The van der Waals surface area contributed by atoms with Crippen molar-refractivity contribution < 1.29 is 14.3 Å². The summed E-state index contributed by atoms with van der Waals surface area (Å²) in [4.78, 5) is 23.8. The van der Waals surface area contributed by atoms with Crippen LogP contribution in [0.15, 0.2) is 54.6 Å². The third-order valence-corrected chi connectivity index (χ3v) is 3.14. The zero-order valence-corrected chi connectivity index (χ0v) is 14.6. The molecular formula is C21H21NO3. The first kappa shape index (κ1) is 18.3. The van der Waals surface area contributed by atoms with E-state index in [1.807, 2.05) is 18.2 Å². The van der Waals surface area contributed by atoms with Crippen LogP contribution in [0, 0.1) is 11.8 Å². The lowest BCUT2D eigenvalue weighted by atomic mass is 10.0. The molecule has 0 spiro atoms. The number of ether oxygens (including phenoxy) is 1. The molecule has 1 N–H and O–H groups in total. The van der Waals surface area contributed by atoms with Gasteiger partial charge < -0.3 is 10.1 Å². The van der Waals surface area contributed by atoms with Gasteiger partial charge in [-0.15, -0.1) is 0 Å². The van der Waals surface area contributed by atoms with E-state index in [1.54, 1.807) is 57.2 Å². The second-order valence-electron chi connectivity index (χ2n) is 6.43. The largest absolute Gasteiger partial charge is 0.444 e. The summed E-state index contributed by atoms with van der Waals surface area (Å²) in [7, 11) is 0. The molecule has 0 atom stereocenters. The molecule has 4 nitrogen and oxygen atoms in total. The van der Waals surface area contributed by atoms with Crippen LogP contribution in [-0.4, -0.2) is 24.0 Å². The highest BCUT2D eigenvalue weighted by Crippen LogP contribution is 2.10. The fourth-order valence-corrected chi connectivity index (χ4v) is 2.04. The third kappa shape index (κ3) is 6.15. The van der Waals surface area contributed by atoms with Crippen LogP contribution in [0.5, 0.6) is 0 Å². The van der Waals surface area contributed by atoms with E-state index in [0.717, 1.165) is 5.56 Å². The number of carbonyl (C=O) groups is 2. The second kappa shape index (κ2) is 8.16. The molecular weight excluding hydrogens is 314 g/mol. The Morgan fingerprint density at radius 3 is 2.16 bits per heavy atom. The van der Waals surface area contributed by atoms with Crippen LogP contribution in [0.2, 0.25) is 0 Å². The van der Waals surface area contributed by atoms with E-state index >= 15 is 0 Å². The van der Waals surface area contributed by atoms with Crippen molar-refractivity contribution in [1.82, 2.24) is 5.32 Å². The van der Waals surface area contributed by atoms with Crippen LogP contribution in [0.25, 0.3) is 0 Å². The van der Waals surface area contributed by atoms with Crippen LogP contribution < -0.4 is 5.32 Å². The van der Waals surface area contributed by atoms with Crippen LogP contribution in [-0.2, 0) is 4.74 Å². The van der Waals surface area contributed by atoms with Gasteiger partial charge in [0, 0.05) is 16.7 Å². The van der Waals surface area contributed by atoms with Gasteiger partial charge in [0.1, 0.15) is 5.60 Å². The first-order valence-corrected chi connectivity index (χ1v) is 8.01. The van der Waals surface area contributed by atoms with Crippen molar-refractivity contribution in [2.45, 2.75) is 26.4 Å². The van der Waals surface area contributed by atoms with Crippen molar-refractivity contribution in [3.8, 4) is 11.8 Å². The minimum absolute atomic E-state index is 0.0216. The highest BCUT2D eigenvalue weighted by Gasteiger charge is 2.15. The Morgan fingerprint density at radius 1 is 0.960 bits per heavy atom. The quantitative estimate of drug-likeness (QED) is 0.686. The number of amides is 1. The van der Waals surface area contributed by atoms with Gasteiger partial charge in [-0.3, -0.25) is 4.79 Å². The molecule has 1 amide bonds. The molecule has 2 rings (SSSR count). The summed E-state index contributed by atoms with van der Waals surface area (Å²) in [5.41, 5.74) is 1.51. The predicted octanol–water partition coefficient (Wildman–Crippen LogP) is 3.79. The number of hydrogen-bond acceptors (Lipinski definition) is 3. The first-order chi connectivity index (χ1) is 11.8. The third-order valence-electron chi connectivity index (χ3n) is 3.14. The monoisotopic (exact) mass is 335 g/mol. The van der Waals surface area contributed by atoms with Gasteiger partial charge in [-0.25, -0.2) is 4.79 Å². The zero-order valence-electron chi connectivity index (χ0n) is 14.6. The summed E-state index contributed by atoms with van der Waals surface area (Å²) >= 11 is 0. The Morgan fingerprint density at radius 2 is 1.56 bits per heavy atom. The Bertz CT molecular complexity index is 791. The highest BCUT2D eigenvalue weighted by atomic mass is 16.6. The normalized spacial score (nSPS) is 10.4. The average molecular weight is 335 g/mol. The molecule has 0 bridgehead atoms. The van der Waals surface area contributed by atoms with Crippen LogP contribution in [0.3, 0.4) is 0 Å². The number of ketones is 1. The van der Waals surface area contributed by atoms with Crippen molar-refractivity contribution in [3.63, 3.8) is 0 Å². The van der Waals surface area contributed by atoms with E-state index in [4.69, 9.17) is 4.74 Å². The number of rotatable bonds is 3. The van der Waals surface area contributed by atoms with E-state index < -0.39 is 11.7 Å². The molecule has 25 heavy (non-hydrogen) atoms. The van der Waals surface area contributed by atoms with Crippen molar-refractivity contribution in [2.75, 3.05) is 6.54 Å². The molecule has 0 fully saturated rings. The van der Waals surface area contributed by atoms with E-state index in [-0.39, 0.29) is 12.3 Å². The predicted molar refractivity (Wildman–Crippen MR) is 97.4 cm³/mol. The molecule has 0 aliphatic carbocycles. The highest BCUT2D eigenvalue weighted by molar-refractivity contribution is 6.08. The number of carbonyl (C=O) groups excluding carboxylic acids is 2. The van der Waals surface area contributed by atoms with Gasteiger partial charge in [0.2, 0.25) is 0 Å². The van der Waals surface area contributed by atoms with Crippen LogP contribution in [0.4, 0.5) is 4.79 Å². The van der Waals surface area contributed by atoms with Crippen molar-refractivity contribution >= 4 is 11.9 Å². The van der Waals surface area contributed by atoms with Gasteiger partial charge >= 0.3 is 6.09 Å². The molecule has 2 aromatic rings. The lowest BCUT2D eigenvalue weighted by Crippen LogP contribution is -2.32. The molecule has 0 aliphatic heterocycles. The molecule has 0 unspecified atom stereocenters. The molecule has 0 aliphatic rings. The van der Waals surface area contributed by atoms with E-state index in [1.165, 1.54) is 0 Å². The number of alkyl carbamates (subject to hydrolysis) is 1. The number of hydrogen-bond donors (Lipinski definition) is 1. The smallest absolute Gasteiger partial charge is 0.408 e. The maximum Gasteiger partial charge on any atom is 0.408 e. The van der Waals surface area contributed by atoms with Crippen molar-refractivity contribution in [3.05, 3.63) is 71.3 Å². The second-order valence-corrected chi connectivity index (χ2v) is 6.43. The number of nitrogens with one attached hydrogen (secondary N) is 1.